The van der Waals surface area contributed by atoms with Gasteiger partial charge in [0.25, 0.3) is 0 Å². The SMILES string of the molecule is CCC(=O)C(CCCCCCOc1ccc(C(=O)Oc2ccc(OC)cc2)cc1)C(=O)CC. The molecule has 0 saturated carbocycles. The Hall–Kier alpha value is -3.15. The third-order valence-corrected chi connectivity index (χ3v) is 5.49. The molecule has 0 atom stereocenters. The number of ketones is 2. The van der Waals surface area contributed by atoms with Gasteiger partial charge in [-0.3, -0.25) is 9.59 Å². The average Bonchev–Trinajstić information content (AvgIpc) is 2.85. The van der Waals surface area contributed by atoms with Crippen molar-refractivity contribution in [3.05, 3.63) is 54.1 Å². The fraction of sp³-hybridized carbons (Fsp3) is 0.444. The highest BCUT2D eigenvalue weighted by Crippen LogP contribution is 2.20. The molecule has 0 aliphatic rings. The van der Waals surface area contributed by atoms with Crippen molar-refractivity contribution in [2.45, 2.75) is 58.8 Å². The van der Waals surface area contributed by atoms with E-state index in [9.17, 15) is 14.4 Å². The maximum Gasteiger partial charge on any atom is 0.343 e. The van der Waals surface area contributed by atoms with Crippen LogP contribution in [0, 0.1) is 5.92 Å². The number of rotatable bonds is 15. The molecule has 0 saturated heterocycles. The van der Waals surface area contributed by atoms with Gasteiger partial charge >= 0.3 is 5.97 Å². The summed E-state index contributed by atoms with van der Waals surface area (Å²) in [5.41, 5.74) is 0.441. The first-order valence-corrected chi connectivity index (χ1v) is 11.6. The maximum atomic E-state index is 12.3. The minimum atomic E-state index is -0.437. The summed E-state index contributed by atoms with van der Waals surface area (Å²) in [6.45, 7) is 4.19. The van der Waals surface area contributed by atoms with E-state index in [-0.39, 0.29) is 11.6 Å². The smallest absolute Gasteiger partial charge is 0.343 e. The molecule has 6 heteroatoms. The third kappa shape index (κ3) is 8.72. The number of benzene rings is 2. The van der Waals surface area contributed by atoms with Gasteiger partial charge in [0, 0.05) is 12.8 Å². The molecule has 0 aliphatic heterocycles. The summed E-state index contributed by atoms with van der Waals surface area (Å²) in [7, 11) is 1.58. The summed E-state index contributed by atoms with van der Waals surface area (Å²) in [6.07, 6.45) is 5.17. The van der Waals surface area contributed by atoms with Crippen molar-refractivity contribution in [3.8, 4) is 17.2 Å². The lowest BCUT2D eigenvalue weighted by Crippen LogP contribution is -2.22. The van der Waals surface area contributed by atoms with Crippen molar-refractivity contribution in [1.82, 2.24) is 0 Å². The number of Topliss-reactive ketones (excluding diaryl/α,β-unsaturated/α-hetero) is 2. The van der Waals surface area contributed by atoms with Crippen molar-refractivity contribution in [2.24, 2.45) is 5.92 Å². The molecule has 0 bridgehead atoms. The summed E-state index contributed by atoms with van der Waals surface area (Å²) in [6, 6.07) is 13.7. The number of hydrogen-bond acceptors (Lipinski definition) is 6. The van der Waals surface area contributed by atoms with E-state index >= 15 is 0 Å². The second-order valence-electron chi connectivity index (χ2n) is 7.83. The molecule has 33 heavy (non-hydrogen) atoms. The summed E-state index contributed by atoms with van der Waals surface area (Å²) in [5.74, 6) is 1.09. The first-order valence-electron chi connectivity index (χ1n) is 11.6. The Kier molecular flexibility index (Phi) is 11.1. The molecule has 0 fully saturated rings. The number of unbranched alkanes of at least 4 members (excludes halogenated alkanes) is 3. The van der Waals surface area contributed by atoms with Gasteiger partial charge in [-0.1, -0.05) is 33.1 Å². The van der Waals surface area contributed by atoms with Gasteiger partial charge in [-0.2, -0.15) is 0 Å². The minimum Gasteiger partial charge on any atom is -0.497 e. The number of methoxy groups -OCH3 is 1. The molecule has 2 rings (SSSR count). The van der Waals surface area contributed by atoms with Gasteiger partial charge in [0.2, 0.25) is 0 Å². The molecular weight excluding hydrogens is 420 g/mol. The van der Waals surface area contributed by atoms with Crippen LogP contribution < -0.4 is 14.2 Å². The molecular formula is C27H34O6. The number of esters is 1. The Morgan fingerprint density at radius 2 is 1.27 bits per heavy atom. The molecule has 0 aliphatic carbocycles. The summed E-state index contributed by atoms with van der Waals surface area (Å²) < 4.78 is 16.2. The summed E-state index contributed by atoms with van der Waals surface area (Å²) in [5, 5.41) is 0. The van der Waals surface area contributed by atoms with Crippen molar-refractivity contribution >= 4 is 17.5 Å². The Bertz CT molecular complexity index is 870. The van der Waals surface area contributed by atoms with Crippen LogP contribution in [0.4, 0.5) is 0 Å². The van der Waals surface area contributed by atoms with Crippen molar-refractivity contribution < 1.29 is 28.6 Å². The summed E-state index contributed by atoms with van der Waals surface area (Å²) >= 11 is 0. The van der Waals surface area contributed by atoms with Crippen molar-refractivity contribution in [2.75, 3.05) is 13.7 Å². The van der Waals surface area contributed by atoms with Crippen LogP contribution in [-0.4, -0.2) is 31.3 Å². The van der Waals surface area contributed by atoms with E-state index in [0.717, 1.165) is 25.7 Å². The Morgan fingerprint density at radius 3 is 1.85 bits per heavy atom. The molecule has 0 N–H and O–H groups in total. The van der Waals surface area contributed by atoms with Gasteiger partial charge in [0.1, 0.15) is 28.8 Å². The average molecular weight is 455 g/mol. The van der Waals surface area contributed by atoms with E-state index < -0.39 is 11.9 Å². The largest absolute Gasteiger partial charge is 0.497 e. The van der Waals surface area contributed by atoms with Crippen LogP contribution in [0.3, 0.4) is 0 Å². The molecule has 0 amide bonds. The van der Waals surface area contributed by atoms with Crippen molar-refractivity contribution in [3.63, 3.8) is 0 Å². The van der Waals surface area contributed by atoms with Crippen LogP contribution in [0.2, 0.25) is 0 Å². The van der Waals surface area contributed by atoms with Gasteiger partial charge in [-0.05, 0) is 61.4 Å². The number of ether oxygens (including phenoxy) is 3. The normalized spacial score (nSPS) is 10.7. The number of hydrogen-bond donors (Lipinski definition) is 0. The second kappa shape index (κ2) is 14.1. The highest BCUT2D eigenvalue weighted by atomic mass is 16.5. The Labute approximate surface area is 196 Å². The molecule has 2 aromatic carbocycles. The highest BCUT2D eigenvalue weighted by Gasteiger charge is 2.22. The predicted molar refractivity (Wildman–Crippen MR) is 127 cm³/mol. The van der Waals surface area contributed by atoms with Crippen LogP contribution in [0.1, 0.15) is 69.2 Å². The third-order valence-electron chi connectivity index (χ3n) is 5.49. The lowest BCUT2D eigenvalue weighted by atomic mass is 9.90. The second-order valence-corrected chi connectivity index (χ2v) is 7.83. The zero-order chi connectivity index (χ0) is 24.1. The lowest BCUT2D eigenvalue weighted by Gasteiger charge is -2.13. The lowest BCUT2D eigenvalue weighted by molar-refractivity contribution is -0.132. The van der Waals surface area contributed by atoms with E-state index in [2.05, 4.69) is 0 Å². The Balaban J connectivity index is 1.67. The fourth-order valence-corrected chi connectivity index (χ4v) is 3.49. The van der Waals surface area contributed by atoms with E-state index in [1.807, 2.05) is 13.8 Å². The van der Waals surface area contributed by atoms with Crippen LogP contribution in [0.15, 0.2) is 48.5 Å². The first kappa shape index (κ1) is 26.1. The maximum absolute atomic E-state index is 12.3. The quantitative estimate of drug-likeness (QED) is 0.146. The number of carbonyl (C=O) groups excluding carboxylic acids is 3. The van der Waals surface area contributed by atoms with Gasteiger partial charge in [0.15, 0.2) is 0 Å². The zero-order valence-corrected chi connectivity index (χ0v) is 19.8. The standard InChI is InChI=1S/C27H34O6/c1-4-25(28)24(26(29)5-2)10-8-6-7-9-19-32-22-13-11-20(12-14-22)27(30)33-23-17-15-21(31-3)16-18-23/h11-18,24H,4-10,19H2,1-3H3. The van der Waals surface area contributed by atoms with Crippen LogP contribution in [-0.2, 0) is 9.59 Å². The fourth-order valence-electron chi connectivity index (χ4n) is 3.49. The molecule has 0 spiro atoms. The van der Waals surface area contributed by atoms with Crippen LogP contribution in [0.25, 0.3) is 0 Å². The van der Waals surface area contributed by atoms with Crippen LogP contribution >= 0.6 is 0 Å². The number of carbonyl (C=O) groups is 3. The monoisotopic (exact) mass is 454 g/mol. The molecule has 0 heterocycles. The highest BCUT2D eigenvalue weighted by molar-refractivity contribution is 6.02. The summed E-state index contributed by atoms with van der Waals surface area (Å²) in [4.78, 5) is 36.2. The van der Waals surface area contributed by atoms with E-state index in [0.29, 0.717) is 48.7 Å². The first-order chi connectivity index (χ1) is 16.0. The van der Waals surface area contributed by atoms with Gasteiger partial charge in [0.05, 0.1) is 25.2 Å². The molecule has 178 valence electrons. The predicted octanol–water partition coefficient (Wildman–Crippen LogP) is 5.82. The molecule has 0 unspecified atom stereocenters. The van der Waals surface area contributed by atoms with E-state index in [4.69, 9.17) is 14.2 Å². The molecule has 2 aromatic rings. The topological polar surface area (TPSA) is 78.9 Å². The van der Waals surface area contributed by atoms with Crippen molar-refractivity contribution in [1.29, 1.82) is 0 Å². The van der Waals surface area contributed by atoms with Gasteiger partial charge in [-0.15, -0.1) is 0 Å². The van der Waals surface area contributed by atoms with E-state index in [1.54, 1.807) is 55.6 Å². The minimum absolute atomic E-state index is 0.0570. The molecule has 0 radical (unpaired) electrons. The van der Waals surface area contributed by atoms with Crippen LogP contribution in [0.5, 0.6) is 17.2 Å². The van der Waals surface area contributed by atoms with Gasteiger partial charge < -0.3 is 14.2 Å². The molecule has 6 nitrogen and oxygen atoms in total. The Morgan fingerprint density at radius 1 is 0.727 bits per heavy atom. The molecule has 0 aromatic heterocycles. The zero-order valence-electron chi connectivity index (χ0n) is 19.8. The van der Waals surface area contributed by atoms with Gasteiger partial charge in [-0.25, -0.2) is 4.79 Å². The van der Waals surface area contributed by atoms with E-state index in [1.165, 1.54) is 0 Å².